The van der Waals surface area contributed by atoms with Crippen LogP contribution < -0.4 is 0 Å². The zero-order valence-electron chi connectivity index (χ0n) is 9.89. The van der Waals surface area contributed by atoms with Crippen molar-refractivity contribution in [2.24, 2.45) is 5.92 Å². The Balaban J connectivity index is 3.83. The van der Waals surface area contributed by atoms with Crippen molar-refractivity contribution in [1.29, 1.82) is 0 Å². The molecule has 0 radical (unpaired) electrons. The third-order valence-electron chi connectivity index (χ3n) is 2.33. The van der Waals surface area contributed by atoms with Gasteiger partial charge in [-0.3, -0.25) is 0 Å². The van der Waals surface area contributed by atoms with Crippen LogP contribution in [0.2, 0.25) is 0 Å². The molecule has 0 aliphatic heterocycles. The van der Waals surface area contributed by atoms with Crippen molar-refractivity contribution in [1.82, 2.24) is 0 Å². The largest absolute Gasteiger partial charge is 0.368 e. The van der Waals surface area contributed by atoms with Gasteiger partial charge < -0.3 is 10.2 Å². The van der Waals surface area contributed by atoms with Crippen LogP contribution >= 0.6 is 0 Å². The molecule has 0 aromatic rings. The molecule has 0 heterocycles. The van der Waals surface area contributed by atoms with Crippen LogP contribution in [0.25, 0.3) is 0 Å². The predicted octanol–water partition coefficient (Wildman–Crippen LogP) is 3.02. The lowest BCUT2D eigenvalue weighted by molar-refractivity contribution is -0.0719. The van der Waals surface area contributed by atoms with Gasteiger partial charge in [0.1, 0.15) is 0 Å². The number of aliphatic hydroxyl groups is 2. The summed E-state index contributed by atoms with van der Waals surface area (Å²) in [5.74, 6) is -0.133. The smallest absolute Gasteiger partial charge is 0.157 e. The van der Waals surface area contributed by atoms with Crippen LogP contribution in [-0.4, -0.2) is 16.5 Å². The summed E-state index contributed by atoms with van der Waals surface area (Å²) in [5.41, 5.74) is 0. The van der Waals surface area contributed by atoms with Gasteiger partial charge in [0, 0.05) is 5.92 Å². The molecule has 0 aromatic carbocycles. The number of rotatable bonds is 8. The Morgan fingerprint density at radius 2 is 1.80 bits per heavy atom. The van der Waals surface area contributed by atoms with E-state index in [0.717, 1.165) is 19.3 Å². The molecule has 0 rings (SSSR count). The van der Waals surface area contributed by atoms with Crippen LogP contribution in [0.1, 0.15) is 46.0 Å². The van der Waals surface area contributed by atoms with E-state index in [1.165, 1.54) is 12.8 Å². The summed E-state index contributed by atoms with van der Waals surface area (Å²) >= 11 is 0. The molecule has 1 atom stereocenters. The number of unbranched alkanes of at least 4 members (excludes halogenated alkanes) is 2. The summed E-state index contributed by atoms with van der Waals surface area (Å²) in [4.78, 5) is 0. The summed E-state index contributed by atoms with van der Waals surface area (Å²) in [7, 11) is 0. The second-order valence-electron chi connectivity index (χ2n) is 3.82. The molecule has 2 N–H and O–H groups in total. The average Bonchev–Trinajstić information content (AvgIpc) is 2.21. The second-order valence-corrected chi connectivity index (χ2v) is 3.82. The van der Waals surface area contributed by atoms with Gasteiger partial charge in [-0.1, -0.05) is 57.4 Å². The van der Waals surface area contributed by atoms with Crippen LogP contribution in [0.4, 0.5) is 0 Å². The van der Waals surface area contributed by atoms with Crippen LogP contribution in [0.3, 0.4) is 0 Å². The molecular weight excluding hydrogens is 188 g/mol. The normalized spacial score (nSPS) is 14.5. The predicted molar refractivity (Wildman–Crippen MR) is 64.4 cm³/mol. The van der Waals surface area contributed by atoms with Crippen molar-refractivity contribution in [2.45, 2.75) is 52.2 Å². The highest BCUT2D eigenvalue weighted by Gasteiger charge is 2.10. The van der Waals surface area contributed by atoms with Gasteiger partial charge in [-0.25, -0.2) is 0 Å². The van der Waals surface area contributed by atoms with Crippen molar-refractivity contribution in [3.63, 3.8) is 0 Å². The van der Waals surface area contributed by atoms with E-state index in [4.69, 9.17) is 10.2 Å². The highest BCUT2D eigenvalue weighted by atomic mass is 16.5. The fraction of sp³-hybridized carbons (Fsp3) is 0.692. The van der Waals surface area contributed by atoms with Gasteiger partial charge in [0.2, 0.25) is 0 Å². The van der Waals surface area contributed by atoms with Gasteiger partial charge >= 0.3 is 0 Å². The SMILES string of the molecule is CCCCC=CC=CC(CCC)C(O)O. The molecule has 15 heavy (non-hydrogen) atoms. The van der Waals surface area contributed by atoms with Crippen molar-refractivity contribution >= 4 is 0 Å². The van der Waals surface area contributed by atoms with Gasteiger partial charge in [-0.15, -0.1) is 0 Å². The Kier molecular flexibility index (Phi) is 9.54. The van der Waals surface area contributed by atoms with Crippen molar-refractivity contribution in [2.75, 3.05) is 0 Å². The Morgan fingerprint density at radius 3 is 2.33 bits per heavy atom. The maximum absolute atomic E-state index is 9.06. The Labute approximate surface area is 93.3 Å². The summed E-state index contributed by atoms with van der Waals surface area (Å²) in [6.45, 7) is 4.21. The van der Waals surface area contributed by atoms with Crippen molar-refractivity contribution in [3.8, 4) is 0 Å². The lowest BCUT2D eigenvalue weighted by Crippen LogP contribution is -2.17. The molecule has 0 aromatic heterocycles. The molecule has 2 nitrogen and oxygen atoms in total. The highest BCUT2D eigenvalue weighted by molar-refractivity contribution is 5.04. The first-order valence-corrected chi connectivity index (χ1v) is 5.91. The van der Waals surface area contributed by atoms with E-state index in [9.17, 15) is 0 Å². The van der Waals surface area contributed by atoms with Crippen LogP contribution in [0.5, 0.6) is 0 Å². The summed E-state index contributed by atoms with van der Waals surface area (Å²) in [6.07, 6.45) is 12.0. The van der Waals surface area contributed by atoms with E-state index in [1.807, 2.05) is 25.2 Å². The molecule has 0 bridgehead atoms. The first kappa shape index (κ1) is 14.4. The topological polar surface area (TPSA) is 40.5 Å². The van der Waals surface area contributed by atoms with Gasteiger partial charge in [0.25, 0.3) is 0 Å². The average molecular weight is 212 g/mol. The quantitative estimate of drug-likeness (QED) is 0.369. The first-order chi connectivity index (χ1) is 7.22. The minimum absolute atomic E-state index is 0.133. The fourth-order valence-electron chi connectivity index (χ4n) is 1.38. The highest BCUT2D eigenvalue weighted by Crippen LogP contribution is 2.11. The Hall–Kier alpha value is -0.600. The van der Waals surface area contributed by atoms with E-state index in [0.29, 0.717) is 0 Å². The number of aliphatic hydroxyl groups excluding tert-OH is 1. The van der Waals surface area contributed by atoms with Crippen molar-refractivity contribution < 1.29 is 10.2 Å². The molecule has 0 fully saturated rings. The molecule has 88 valence electrons. The molecule has 0 saturated carbocycles. The monoisotopic (exact) mass is 212 g/mol. The Bertz CT molecular complexity index is 183. The van der Waals surface area contributed by atoms with Gasteiger partial charge in [-0.2, -0.15) is 0 Å². The van der Waals surface area contributed by atoms with E-state index in [-0.39, 0.29) is 5.92 Å². The standard InChI is InChI=1S/C13H24O2/c1-3-5-6-7-8-9-11-12(10-4-2)13(14)15/h7-9,11-15H,3-6,10H2,1-2H3. The number of hydrogen-bond donors (Lipinski definition) is 2. The van der Waals surface area contributed by atoms with E-state index >= 15 is 0 Å². The summed E-state index contributed by atoms with van der Waals surface area (Å²) in [6, 6.07) is 0. The molecule has 0 saturated heterocycles. The molecule has 0 amide bonds. The number of allylic oxidation sites excluding steroid dienone is 3. The zero-order chi connectivity index (χ0) is 11.5. The molecule has 0 spiro atoms. The molecular formula is C13H24O2. The zero-order valence-corrected chi connectivity index (χ0v) is 9.89. The molecule has 2 heteroatoms. The Morgan fingerprint density at radius 1 is 1.07 bits per heavy atom. The van der Waals surface area contributed by atoms with E-state index < -0.39 is 6.29 Å². The van der Waals surface area contributed by atoms with Gasteiger partial charge in [0.15, 0.2) is 6.29 Å². The minimum atomic E-state index is -1.23. The second kappa shape index (κ2) is 9.94. The lowest BCUT2D eigenvalue weighted by atomic mass is 10.0. The molecule has 0 aliphatic rings. The third kappa shape index (κ3) is 8.40. The van der Waals surface area contributed by atoms with Gasteiger partial charge in [0.05, 0.1) is 0 Å². The lowest BCUT2D eigenvalue weighted by Gasteiger charge is -2.12. The maximum atomic E-state index is 9.06. The van der Waals surface area contributed by atoms with Crippen molar-refractivity contribution in [3.05, 3.63) is 24.3 Å². The van der Waals surface area contributed by atoms with Crippen LogP contribution in [0.15, 0.2) is 24.3 Å². The van der Waals surface area contributed by atoms with Crippen LogP contribution in [-0.2, 0) is 0 Å². The minimum Gasteiger partial charge on any atom is -0.368 e. The van der Waals surface area contributed by atoms with Crippen LogP contribution in [0, 0.1) is 5.92 Å². The first-order valence-electron chi connectivity index (χ1n) is 5.91. The fourth-order valence-corrected chi connectivity index (χ4v) is 1.38. The van der Waals surface area contributed by atoms with E-state index in [2.05, 4.69) is 13.0 Å². The number of hydrogen-bond acceptors (Lipinski definition) is 2. The maximum Gasteiger partial charge on any atom is 0.157 e. The summed E-state index contributed by atoms with van der Waals surface area (Å²) in [5, 5.41) is 18.1. The summed E-state index contributed by atoms with van der Waals surface area (Å²) < 4.78 is 0. The third-order valence-corrected chi connectivity index (χ3v) is 2.33. The molecule has 0 aliphatic carbocycles. The molecule has 1 unspecified atom stereocenters. The van der Waals surface area contributed by atoms with E-state index in [1.54, 1.807) is 0 Å². The van der Waals surface area contributed by atoms with Gasteiger partial charge in [-0.05, 0) is 12.8 Å².